The molecule has 0 spiro atoms. The molecule has 3 N–H and O–H groups in total. The van der Waals surface area contributed by atoms with Gasteiger partial charge in [0.15, 0.2) is 11.4 Å². The van der Waals surface area contributed by atoms with Gasteiger partial charge in [-0.2, -0.15) is 18.3 Å². The van der Waals surface area contributed by atoms with E-state index >= 15 is 0 Å². The Hall–Kier alpha value is -3.46. The van der Waals surface area contributed by atoms with E-state index in [1.165, 1.54) is 18.1 Å². The normalized spacial score (nSPS) is 23.0. The van der Waals surface area contributed by atoms with Gasteiger partial charge in [-0.3, -0.25) is 14.7 Å². The zero-order chi connectivity index (χ0) is 29.0. The van der Waals surface area contributed by atoms with Crippen molar-refractivity contribution >= 4 is 29.3 Å². The Balaban J connectivity index is 1.32. The van der Waals surface area contributed by atoms with Crippen LogP contribution in [0.25, 0.3) is 0 Å². The van der Waals surface area contributed by atoms with Crippen LogP contribution in [0.4, 0.5) is 18.9 Å². The number of halogens is 3. The van der Waals surface area contributed by atoms with Crippen LogP contribution in [0.2, 0.25) is 0 Å². The number of carbonyl (C=O) groups excluding carboxylic acids is 2. The van der Waals surface area contributed by atoms with E-state index in [0.29, 0.717) is 39.9 Å². The summed E-state index contributed by atoms with van der Waals surface area (Å²) in [4.78, 5) is 29.4. The fourth-order valence-corrected chi connectivity index (χ4v) is 5.69. The van der Waals surface area contributed by atoms with Crippen LogP contribution in [0.3, 0.4) is 0 Å². The predicted molar refractivity (Wildman–Crippen MR) is 141 cm³/mol. The van der Waals surface area contributed by atoms with Gasteiger partial charge in [-0.15, -0.1) is 0 Å². The Morgan fingerprint density at radius 1 is 1.15 bits per heavy atom. The number of hydrogen-bond acceptors (Lipinski definition) is 8. The highest BCUT2D eigenvalue weighted by molar-refractivity contribution is 7.99. The Morgan fingerprint density at radius 2 is 1.95 bits per heavy atom. The Kier molecular flexibility index (Phi) is 8.92. The van der Waals surface area contributed by atoms with Crippen LogP contribution in [0.1, 0.15) is 48.3 Å². The van der Waals surface area contributed by atoms with E-state index in [1.807, 2.05) is 24.3 Å². The van der Waals surface area contributed by atoms with Gasteiger partial charge in [0, 0.05) is 30.0 Å². The SMILES string of the molecule is O=C(Nc1cccc([C@@H]2O[C@H](CSc3ncn[nH]3)C[C@H](c3ccc(CO)cc3)O2)c1)[C@@H]1CCCN1C(=O)C(F)(F)F. The molecular weight excluding hydrogens is 563 g/mol. The number of alkyl halides is 3. The van der Waals surface area contributed by atoms with Gasteiger partial charge in [-0.1, -0.05) is 48.2 Å². The lowest BCUT2D eigenvalue weighted by Gasteiger charge is -2.36. The van der Waals surface area contributed by atoms with Crippen LogP contribution in [0.5, 0.6) is 0 Å². The number of H-pyrrole nitrogens is 1. The standard InChI is InChI=1S/C27H28F3N5O5S/c28-27(29,30)25(38)35-10-2-5-21(35)23(37)33-19-4-1-3-18(11-19)24-39-20(14-41-26-31-15-32-34-26)12-22(40-24)17-8-6-16(13-36)7-9-17/h1,3-4,6-9,11,15,20-22,24,36H,2,5,10,12-14H2,(H,33,37)(H,31,32,34)/t20-,21-,22+,24+/m0/s1. The van der Waals surface area contributed by atoms with Crippen LogP contribution < -0.4 is 5.32 Å². The highest BCUT2D eigenvalue weighted by atomic mass is 32.2. The number of likely N-dealkylation sites (tertiary alicyclic amines) is 1. The van der Waals surface area contributed by atoms with Gasteiger partial charge in [0.05, 0.1) is 18.8 Å². The minimum absolute atomic E-state index is 0.0739. The zero-order valence-electron chi connectivity index (χ0n) is 21.7. The monoisotopic (exact) mass is 591 g/mol. The van der Waals surface area contributed by atoms with Crippen LogP contribution in [-0.4, -0.2) is 67.6 Å². The summed E-state index contributed by atoms with van der Waals surface area (Å²) in [6.45, 7) is -0.205. The van der Waals surface area contributed by atoms with Crippen molar-refractivity contribution in [3.8, 4) is 0 Å². The number of nitrogens with one attached hydrogen (secondary N) is 2. The number of amides is 2. The third-order valence-corrected chi connectivity index (χ3v) is 7.91. The van der Waals surface area contributed by atoms with Gasteiger partial charge in [0.1, 0.15) is 12.4 Å². The van der Waals surface area contributed by atoms with Gasteiger partial charge < -0.3 is 24.8 Å². The second-order valence-electron chi connectivity index (χ2n) is 9.72. The average molecular weight is 592 g/mol. The Morgan fingerprint density at radius 3 is 2.66 bits per heavy atom. The van der Waals surface area contributed by atoms with Gasteiger partial charge in [-0.05, 0) is 36.1 Å². The van der Waals surface area contributed by atoms with E-state index in [-0.39, 0.29) is 31.8 Å². The molecule has 0 bridgehead atoms. The smallest absolute Gasteiger partial charge is 0.392 e. The average Bonchev–Trinajstić information content (AvgIpc) is 3.68. The minimum atomic E-state index is -5.05. The molecule has 0 aliphatic carbocycles. The van der Waals surface area contributed by atoms with Gasteiger partial charge in [-0.25, -0.2) is 4.98 Å². The number of aliphatic hydroxyl groups excluding tert-OH is 1. The number of ether oxygens (including phenoxy) is 2. The third-order valence-electron chi connectivity index (χ3n) is 6.90. The Labute approximate surface area is 237 Å². The maximum atomic E-state index is 13.0. The first kappa shape index (κ1) is 29.0. The second-order valence-corrected chi connectivity index (χ2v) is 10.7. The predicted octanol–water partition coefficient (Wildman–Crippen LogP) is 4.13. The first-order valence-electron chi connectivity index (χ1n) is 13.0. The third kappa shape index (κ3) is 7.07. The minimum Gasteiger partial charge on any atom is -0.392 e. The lowest BCUT2D eigenvalue weighted by Crippen LogP contribution is -2.48. The van der Waals surface area contributed by atoms with Gasteiger partial charge in [0.25, 0.3) is 0 Å². The van der Waals surface area contributed by atoms with E-state index in [1.54, 1.807) is 24.3 Å². The Bertz CT molecular complexity index is 1340. The highest BCUT2D eigenvalue weighted by Gasteiger charge is 2.47. The summed E-state index contributed by atoms with van der Waals surface area (Å²) < 4.78 is 51.6. The number of aromatic nitrogens is 3. The first-order chi connectivity index (χ1) is 19.7. The summed E-state index contributed by atoms with van der Waals surface area (Å²) in [6, 6.07) is 12.9. The maximum absolute atomic E-state index is 13.0. The van der Waals surface area contributed by atoms with Gasteiger partial charge >= 0.3 is 12.1 Å². The number of aliphatic hydroxyl groups is 1. The van der Waals surface area contributed by atoms with Crippen LogP contribution >= 0.6 is 11.8 Å². The number of aromatic amines is 1. The molecule has 3 aromatic rings. The molecule has 4 atom stereocenters. The summed E-state index contributed by atoms with van der Waals surface area (Å²) in [5, 5.41) is 19.4. The molecular formula is C27H28F3N5O5S. The van der Waals surface area contributed by atoms with E-state index in [9.17, 15) is 27.9 Å². The van der Waals surface area contributed by atoms with Crippen molar-refractivity contribution < 1.29 is 37.3 Å². The number of benzene rings is 2. The van der Waals surface area contributed by atoms with E-state index < -0.39 is 30.3 Å². The number of nitrogens with zero attached hydrogens (tertiary/aromatic N) is 3. The molecule has 0 unspecified atom stereocenters. The molecule has 2 amide bonds. The zero-order valence-corrected chi connectivity index (χ0v) is 22.5. The quantitative estimate of drug-likeness (QED) is 0.334. The molecule has 2 aliphatic heterocycles. The molecule has 218 valence electrons. The van der Waals surface area contributed by atoms with Crippen molar-refractivity contribution in [3.05, 3.63) is 71.5 Å². The molecule has 5 rings (SSSR count). The fraction of sp³-hybridized carbons (Fsp3) is 0.407. The fourth-order valence-electron chi connectivity index (χ4n) is 4.89. The van der Waals surface area contributed by atoms with Crippen LogP contribution in [0.15, 0.2) is 60.0 Å². The first-order valence-corrected chi connectivity index (χ1v) is 14.0. The van der Waals surface area contributed by atoms with E-state index in [2.05, 4.69) is 20.5 Å². The number of rotatable bonds is 8. The molecule has 1 aromatic heterocycles. The second kappa shape index (κ2) is 12.6. The van der Waals surface area contributed by atoms with Crippen LogP contribution in [-0.2, 0) is 25.7 Å². The van der Waals surface area contributed by atoms with Crippen molar-refractivity contribution in [2.45, 2.75) is 61.7 Å². The summed E-state index contributed by atoms with van der Waals surface area (Å²) in [7, 11) is 0. The lowest BCUT2D eigenvalue weighted by atomic mass is 10.0. The summed E-state index contributed by atoms with van der Waals surface area (Å²) in [5.41, 5.74) is 2.62. The topological polar surface area (TPSA) is 130 Å². The molecule has 14 heteroatoms. The lowest BCUT2D eigenvalue weighted by molar-refractivity contribution is -0.245. The number of hydrogen-bond donors (Lipinski definition) is 3. The molecule has 0 saturated carbocycles. The van der Waals surface area contributed by atoms with Crippen molar-refractivity contribution in [1.82, 2.24) is 20.1 Å². The number of thioether (sulfide) groups is 1. The van der Waals surface area contributed by atoms with Gasteiger partial charge in [0.2, 0.25) is 5.91 Å². The molecule has 2 saturated heterocycles. The van der Waals surface area contributed by atoms with Crippen molar-refractivity contribution in [1.29, 1.82) is 0 Å². The number of carbonyl (C=O) groups is 2. The van der Waals surface area contributed by atoms with Crippen molar-refractivity contribution in [3.63, 3.8) is 0 Å². The largest absolute Gasteiger partial charge is 0.471 e. The maximum Gasteiger partial charge on any atom is 0.471 e. The number of anilines is 1. The highest BCUT2D eigenvalue weighted by Crippen LogP contribution is 2.39. The molecule has 2 fully saturated rings. The summed E-state index contributed by atoms with van der Waals surface area (Å²) >= 11 is 1.45. The van der Waals surface area contributed by atoms with E-state index in [0.717, 1.165) is 11.1 Å². The molecule has 0 radical (unpaired) electrons. The van der Waals surface area contributed by atoms with E-state index in [4.69, 9.17) is 9.47 Å². The summed E-state index contributed by atoms with van der Waals surface area (Å²) in [6.07, 6.45) is -4.01. The van der Waals surface area contributed by atoms with Crippen molar-refractivity contribution in [2.24, 2.45) is 0 Å². The molecule has 3 heterocycles. The molecule has 41 heavy (non-hydrogen) atoms. The van der Waals surface area contributed by atoms with Crippen LogP contribution in [0, 0.1) is 0 Å². The summed E-state index contributed by atoms with van der Waals surface area (Å²) in [5.74, 6) is -2.15. The molecule has 2 aromatic carbocycles. The molecule has 2 aliphatic rings. The van der Waals surface area contributed by atoms with Crippen molar-refractivity contribution in [2.75, 3.05) is 17.6 Å². The molecule has 10 nitrogen and oxygen atoms in total.